The van der Waals surface area contributed by atoms with Crippen molar-refractivity contribution in [3.05, 3.63) is 40.7 Å². The van der Waals surface area contributed by atoms with Crippen molar-refractivity contribution in [3.8, 4) is 11.8 Å². The predicted molar refractivity (Wildman–Crippen MR) is 82.4 cm³/mol. The van der Waals surface area contributed by atoms with Crippen molar-refractivity contribution in [1.29, 1.82) is 0 Å². The fourth-order valence-electron chi connectivity index (χ4n) is 1.69. The maximum atomic E-state index is 12.3. The highest BCUT2D eigenvalue weighted by Crippen LogP contribution is 2.15. The van der Waals surface area contributed by atoms with Crippen LogP contribution < -0.4 is 5.32 Å². The summed E-state index contributed by atoms with van der Waals surface area (Å²) in [7, 11) is 0. The molecule has 0 atom stereocenters. The molecular formula is C15H15N3O2S. The number of aryl methyl sites for hydroxylation is 2. The summed E-state index contributed by atoms with van der Waals surface area (Å²) in [5.41, 5.74) is 2.15. The summed E-state index contributed by atoms with van der Waals surface area (Å²) in [6, 6.07) is 5.45. The number of rotatable bonds is 3. The van der Waals surface area contributed by atoms with Gasteiger partial charge in [0, 0.05) is 23.5 Å². The average Bonchev–Trinajstić information content (AvgIpc) is 2.84. The Morgan fingerprint density at radius 1 is 1.43 bits per heavy atom. The molecule has 6 heteroatoms. The second-order valence-electron chi connectivity index (χ2n) is 4.43. The zero-order valence-corrected chi connectivity index (χ0v) is 12.6. The summed E-state index contributed by atoms with van der Waals surface area (Å²) in [6.45, 7) is 3.71. The quantitative estimate of drug-likeness (QED) is 0.852. The normalized spacial score (nSPS) is 9.86. The highest BCUT2D eigenvalue weighted by atomic mass is 32.1. The van der Waals surface area contributed by atoms with Gasteiger partial charge in [-0.15, -0.1) is 0 Å². The van der Waals surface area contributed by atoms with Crippen LogP contribution in [0, 0.1) is 25.7 Å². The third-order valence-electron chi connectivity index (χ3n) is 2.63. The molecule has 0 aliphatic heterocycles. The van der Waals surface area contributed by atoms with E-state index >= 15 is 0 Å². The molecule has 0 aliphatic rings. The van der Waals surface area contributed by atoms with Gasteiger partial charge in [-0.2, -0.15) is 4.37 Å². The number of hydrogen-bond acceptors (Lipinski definition) is 5. The Morgan fingerprint density at radius 3 is 2.90 bits per heavy atom. The summed E-state index contributed by atoms with van der Waals surface area (Å²) in [6.07, 6.45) is 0.380. The topological polar surface area (TPSA) is 75.1 Å². The van der Waals surface area contributed by atoms with Gasteiger partial charge in [0.25, 0.3) is 5.91 Å². The Morgan fingerprint density at radius 2 is 2.24 bits per heavy atom. The van der Waals surface area contributed by atoms with Crippen molar-refractivity contribution in [3.63, 3.8) is 0 Å². The van der Waals surface area contributed by atoms with Crippen LogP contribution in [0.2, 0.25) is 0 Å². The minimum absolute atomic E-state index is 0.00437. The van der Waals surface area contributed by atoms with E-state index < -0.39 is 0 Å². The van der Waals surface area contributed by atoms with Crippen LogP contribution in [-0.4, -0.2) is 27.0 Å². The van der Waals surface area contributed by atoms with E-state index in [1.807, 2.05) is 19.1 Å². The van der Waals surface area contributed by atoms with Crippen molar-refractivity contribution in [2.75, 3.05) is 11.9 Å². The van der Waals surface area contributed by atoms with Crippen molar-refractivity contribution in [2.45, 2.75) is 20.3 Å². The van der Waals surface area contributed by atoms with Crippen LogP contribution >= 0.6 is 11.5 Å². The van der Waals surface area contributed by atoms with E-state index in [0.29, 0.717) is 28.5 Å². The Kier molecular flexibility index (Phi) is 5.04. The standard InChI is InChI=1S/C15H15N3O2S/c1-10-6-7-13(12(9-10)5-3-4-8-19)14(20)17-15-16-11(2)18-21-15/h6-7,9,19H,4,8H2,1-2H3,(H,16,17,18,20). The third kappa shape index (κ3) is 4.12. The largest absolute Gasteiger partial charge is 0.395 e. The first-order valence-electron chi connectivity index (χ1n) is 6.42. The Bertz CT molecular complexity index is 713. The first kappa shape index (κ1) is 15.2. The number of aliphatic hydroxyl groups is 1. The van der Waals surface area contributed by atoms with Gasteiger partial charge >= 0.3 is 0 Å². The molecule has 1 aromatic heterocycles. The zero-order chi connectivity index (χ0) is 15.2. The van der Waals surface area contributed by atoms with Gasteiger partial charge in [-0.1, -0.05) is 17.9 Å². The molecule has 0 saturated heterocycles. The van der Waals surface area contributed by atoms with E-state index in [4.69, 9.17) is 5.11 Å². The number of anilines is 1. The Balaban J connectivity index is 2.26. The van der Waals surface area contributed by atoms with E-state index in [2.05, 4.69) is 26.5 Å². The molecule has 108 valence electrons. The molecule has 2 N–H and O–H groups in total. The van der Waals surface area contributed by atoms with Gasteiger partial charge in [0.1, 0.15) is 5.82 Å². The number of carbonyl (C=O) groups excluding carboxylic acids is 1. The average molecular weight is 301 g/mol. The molecule has 0 aliphatic carbocycles. The number of nitrogens with one attached hydrogen (secondary N) is 1. The van der Waals surface area contributed by atoms with Crippen molar-refractivity contribution < 1.29 is 9.90 Å². The lowest BCUT2D eigenvalue weighted by Crippen LogP contribution is -2.13. The van der Waals surface area contributed by atoms with Gasteiger partial charge < -0.3 is 5.11 Å². The second kappa shape index (κ2) is 6.97. The minimum Gasteiger partial charge on any atom is -0.395 e. The van der Waals surface area contributed by atoms with Crippen molar-refractivity contribution >= 4 is 22.6 Å². The van der Waals surface area contributed by atoms with Gasteiger partial charge in [-0.25, -0.2) is 4.98 Å². The summed E-state index contributed by atoms with van der Waals surface area (Å²) in [5, 5.41) is 12.0. The third-order valence-corrected chi connectivity index (χ3v) is 3.35. The van der Waals surface area contributed by atoms with Crippen LogP contribution in [-0.2, 0) is 0 Å². The van der Waals surface area contributed by atoms with Crippen molar-refractivity contribution in [1.82, 2.24) is 9.36 Å². The highest BCUT2D eigenvalue weighted by molar-refractivity contribution is 7.09. The highest BCUT2D eigenvalue weighted by Gasteiger charge is 2.12. The van der Waals surface area contributed by atoms with Crippen LogP contribution in [0.5, 0.6) is 0 Å². The molecule has 0 unspecified atom stereocenters. The lowest BCUT2D eigenvalue weighted by molar-refractivity contribution is 0.102. The first-order valence-corrected chi connectivity index (χ1v) is 7.19. The van der Waals surface area contributed by atoms with E-state index in [1.54, 1.807) is 13.0 Å². The maximum Gasteiger partial charge on any atom is 0.258 e. The number of nitrogens with zero attached hydrogens (tertiary/aromatic N) is 2. The van der Waals surface area contributed by atoms with E-state index in [1.165, 1.54) is 0 Å². The minimum atomic E-state index is -0.264. The van der Waals surface area contributed by atoms with Gasteiger partial charge in [0.2, 0.25) is 5.13 Å². The SMILES string of the molecule is Cc1ccc(C(=O)Nc2nc(C)ns2)c(C#CCCO)c1. The molecule has 0 bridgehead atoms. The van der Waals surface area contributed by atoms with E-state index in [-0.39, 0.29) is 12.5 Å². The fourth-order valence-corrected chi connectivity index (χ4v) is 2.26. The lowest BCUT2D eigenvalue weighted by atomic mass is 10.0. The van der Waals surface area contributed by atoms with E-state index in [0.717, 1.165) is 17.1 Å². The summed E-state index contributed by atoms with van der Waals surface area (Å²) in [4.78, 5) is 16.4. The number of aromatic nitrogens is 2. The zero-order valence-electron chi connectivity index (χ0n) is 11.8. The van der Waals surface area contributed by atoms with Crippen LogP contribution in [0.15, 0.2) is 18.2 Å². The smallest absolute Gasteiger partial charge is 0.258 e. The molecule has 2 rings (SSSR count). The predicted octanol–water partition coefficient (Wildman–Crippen LogP) is 2.14. The Hall–Kier alpha value is -2.23. The van der Waals surface area contributed by atoms with Crippen LogP contribution in [0.3, 0.4) is 0 Å². The van der Waals surface area contributed by atoms with Crippen LogP contribution in [0.4, 0.5) is 5.13 Å². The molecule has 2 aromatic rings. The summed E-state index contributed by atoms with van der Waals surface area (Å²) < 4.78 is 4.02. The molecule has 5 nitrogen and oxygen atoms in total. The molecule has 0 radical (unpaired) electrons. The summed E-state index contributed by atoms with van der Waals surface area (Å²) in [5.74, 6) is 6.12. The van der Waals surface area contributed by atoms with Crippen molar-refractivity contribution in [2.24, 2.45) is 0 Å². The molecule has 0 spiro atoms. The number of carbonyl (C=O) groups is 1. The monoisotopic (exact) mass is 301 g/mol. The molecule has 1 aromatic carbocycles. The van der Waals surface area contributed by atoms with Crippen LogP contribution in [0.25, 0.3) is 0 Å². The second-order valence-corrected chi connectivity index (χ2v) is 5.18. The fraction of sp³-hybridized carbons (Fsp3) is 0.267. The first-order chi connectivity index (χ1) is 10.1. The molecule has 0 saturated carbocycles. The number of amides is 1. The van der Waals surface area contributed by atoms with Gasteiger partial charge in [-0.05, 0) is 31.5 Å². The van der Waals surface area contributed by atoms with Gasteiger partial charge in [-0.3, -0.25) is 10.1 Å². The van der Waals surface area contributed by atoms with Gasteiger partial charge in [0.15, 0.2) is 0 Å². The molecule has 1 heterocycles. The summed E-state index contributed by atoms with van der Waals surface area (Å²) >= 11 is 1.14. The maximum absolute atomic E-state index is 12.3. The number of aliphatic hydroxyl groups excluding tert-OH is 1. The van der Waals surface area contributed by atoms with Crippen LogP contribution in [0.1, 0.15) is 33.7 Å². The Labute approximate surface area is 127 Å². The molecule has 1 amide bonds. The number of benzene rings is 1. The molecule has 0 fully saturated rings. The van der Waals surface area contributed by atoms with E-state index in [9.17, 15) is 4.79 Å². The number of hydrogen-bond donors (Lipinski definition) is 2. The lowest BCUT2D eigenvalue weighted by Gasteiger charge is -2.05. The molecular weight excluding hydrogens is 286 g/mol. The van der Waals surface area contributed by atoms with Gasteiger partial charge in [0.05, 0.1) is 12.2 Å². The molecule has 21 heavy (non-hydrogen) atoms.